The van der Waals surface area contributed by atoms with Crippen molar-refractivity contribution in [2.75, 3.05) is 0 Å². The minimum atomic E-state index is -4.56. The molecule has 1 aromatic rings. The fourth-order valence-electron chi connectivity index (χ4n) is 1.12. The third kappa shape index (κ3) is 3.04. The summed E-state index contributed by atoms with van der Waals surface area (Å²) in [5.41, 5.74) is -0.892. The SMILES string of the molecule is Cc1cc(C(F)(F)F)c(Cl)cc1OB(O)O. The molecule has 8 heteroatoms. The van der Waals surface area contributed by atoms with Crippen LogP contribution < -0.4 is 4.65 Å². The van der Waals surface area contributed by atoms with Crippen molar-refractivity contribution in [3.63, 3.8) is 0 Å². The van der Waals surface area contributed by atoms with Gasteiger partial charge >= 0.3 is 13.5 Å². The van der Waals surface area contributed by atoms with Gasteiger partial charge in [0.1, 0.15) is 5.75 Å². The Labute approximate surface area is 94.6 Å². The highest BCUT2D eigenvalue weighted by Crippen LogP contribution is 2.38. The summed E-state index contributed by atoms with van der Waals surface area (Å²) in [6.45, 7) is 1.34. The van der Waals surface area contributed by atoms with Gasteiger partial charge in [-0.1, -0.05) is 11.6 Å². The Morgan fingerprint density at radius 3 is 2.31 bits per heavy atom. The summed E-state index contributed by atoms with van der Waals surface area (Å²) in [5, 5.41) is 16.5. The first-order valence-corrected chi connectivity index (χ1v) is 4.49. The zero-order valence-corrected chi connectivity index (χ0v) is 8.80. The molecular weight excluding hydrogens is 247 g/mol. The first-order chi connectivity index (χ1) is 7.21. The summed E-state index contributed by atoms with van der Waals surface area (Å²) in [6, 6.07) is 1.67. The number of hydrogen-bond donors (Lipinski definition) is 2. The summed E-state index contributed by atoms with van der Waals surface area (Å²) < 4.78 is 41.6. The van der Waals surface area contributed by atoms with Crippen LogP contribution in [0, 0.1) is 6.92 Å². The predicted octanol–water partition coefficient (Wildman–Crippen LogP) is 2.02. The molecule has 0 aliphatic heterocycles. The van der Waals surface area contributed by atoms with Gasteiger partial charge in [0.25, 0.3) is 0 Å². The Bertz CT molecular complexity index is 395. The molecule has 0 radical (unpaired) electrons. The van der Waals surface area contributed by atoms with Gasteiger partial charge in [-0.3, -0.25) is 0 Å². The lowest BCUT2D eigenvalue weighted by Gasteiger charge is -2.13. The van der Waals surface area contributed by atoms with Gasteiger partial charge in [0, 0.05) is 0 Å². The number of aryl methyl sites for hydroxylation is 1. The average Bonchev–Trinajstić information content (AvgIpc) is 2.07. The monoisotopic (exact) mass is 254 g/mol. The summed E-state index contributed by atoms with van der Waals surface area (Å²) >= 11 is 5.41. The van der Waals surface area contributed by atoms with E-state index in [9.17, 15) is 13.2 Å². The molecule has 2 N–H and O–H groups in total. The molecule has 0 spiro atoms. The molecular formula is C8H7BClF3O3. The maximum atomic E-state index is 12.4. The van der Waals surface area contributed by atoms with Crippen molar-refractivity contribution in [2.24, 2.45) is 0 Å². The largest absolute Gasteiger partial charge is 0.707 e. The molecule has 0 aliphatic rings. The van der Waals surface area contributed by atoms with Crippen molar-refractivity contribution in [1.82, 2.24) is 0 Å². The minimum absolute atomic E-state index is 0.102. The summed E-state index contributed by atoms with van der Waals surface area (Å²) in [6.07, 6.45) is -4.56. The van der Waals surface area contributed by atoms with E-state index in [-0.39, 0.29) is 11.3 Å². The second kappa shape index (κ2) is 4.53. The standard InChI is InChI=1S/C8H7BClF3O3/c1-4-2-5(8(11,12)13)6(10)3-7(4)16-9(14)15/h2-3,14-15H,1H3. The lowest BCUT2D eigenvalue weighted by atomic mass is 10.1. The van der Waals surface area contributed by atoms with E-state index in [1.807, 2.05) is 0 Å². The van der Waals surface area contributed by atoms with Gasteiger partial charge in [-0.25, -0.2) is 0 Å². The van der Waals surface area contributed by atoms with Crippen LogP contribution in [-0.4, -0.2) is 17.4 Å². The zero-order chi connectivity index (χ0) is 12.5. The van der Waals surface area contributed by atoms with E-state index < -0.39 is 24.1 Å². The molecule has 1 rings (SSSR count). The summed E-state index contributed by atoms with van der Waals surface area (Å²) in [7, 11) is -2.11. The fourth-order valence-corrected chi connectivity index (χ4v) is 1.38. The molecule has 3 nitrogen and oxygen atoms in total. The normalized spacial score (nSPS) is 11.4. The van der Waals surface area contributed by atoms with Crippen molar-refractivity contribution in [3.05, 3.63) is 28.3 Å². The lowest BCUT2D eigenvalue weighted by molar-refractivity contribution is -0.137. The Kier molecular flexibility index (Phi) is 3.72. The number of hydrogen-bond acceptors (Lipinski definition) is 3. The highest BCUT2D eigenvalue weighted by atomic mass is 35.5. The molecule has 0 amide bonds. The second-order valence-electron chi connectivity index (χ2n) is 3.04. The molecule has 0 heterocycles. The van der Waals surface area contributed by atoms with Gasteiger partial charge in [-0.2, -0.15) is 13.2 Å². The van der Waals surface area contributed by atoms with Crippen molar-refractivity contribution in [3.8, 4) is 5.75 Å². The maximum absolute atomic E-state index is 12.4. The minimum Gasteiger partial charge on any atom is -0.512 e. The van der Waals surface area contributed by atoms with Gasteiger partial charge in [0.15, 0.2) is 0 Å². The van der Waals surface area contributed by atoms with Crippen LogP contribution in [0.15, 0.2) is 12.1 Å². The van der Waals surface area contributed by atoms with E-state index in [4.69, 9.17) is 21.6 Å². The first-order valence-electron chi connectivity index (χ1n) is 4.12. The van der Waals surface area contributed by atoms with Gasteiger partial charge in [0.05, 0.1) is 10.6 Å². The molecule has 0 saturated carbocycles. The number of benzene rings is 1. The third-order valence-corrected chi connectivity index (χ3v) is 2.12. The van der Waals surface area contributed by atoms with Gasteiger partial charge in [0.2, 0.25) is 0 Å². The zero-order valence-electron chi connectivity index (χ0n) is 8.05. The van der Waals surface area contributed by atoms with Gasteiger partial charge in [-0.05, 0) is 24.6 Å². The van der Waals surface area contributed by atoms with Crippen molar-refractivity contribution in [2.45, 2.75) is 13.1 Å². The number of alkyl halides is 3. The van der Waals surface area contributed by atoms with Crippen molar-refractivity contribution < 1.29 is 27.9 Å². The molecule has 0 saturated heterocycles. The Morgan fingerprint density at radius 2 is 1.88 bits per heavy atom. The van der Waals surface area contributed by atoms with E-state index in [1.165, 1.54) is 6.92 Å². The quantitative estimate of drug-likeness (QED) is 0.794. The topological polar surface area (TPSA) is 49.7 Å². The lowest BCUT2D eigenvalue weighted by Crippen LogP contribution is -2.21. The number of halogens is 4. The summed E-state index contributed by atoms with van der Waals surface area (Å²) in [5.74, 6) is -0.118. The second-order valence-corrected chi connectivity index (χ2v) is 3.45. The van der Waals surface area contributed by atoms with E-state index in [1.54, 1.807) is 0 Å². The van der Waals surface area contributed by atoms with Crippen molar-refractivity contribution in [1.29, 1.82) is 0 Å². The van der Waals surface area contributed by atoms with E-state index in [2.05, 4.69) is 4.65 Å². The smallest absolute Gasteiger partial charge is 0.512 e. The van der Waals surface area contributed by atoms with Crippen LogP contribution in [0.5, 0.6) is 5.75 Å². The first kappa shape index (κ1) is 13.2. The van der Waals surface area contributed by atoms with Crippen LogP contribution in [0.3, 0.4) is 0 Å². The molecule has 0 bridgehead atoms. The highest BCUT2D eigenvalue weighted by Gasteiger charge is 2.34. The predicted molar refractivity (Wildman–Crippen MR) is 52.0 cm³/mol. The highest BCUT2D eigenvalue weighted by molar-refractivity contribution is 6.34. The van der Waals surface area contributed by atoms with Crippen LogP contribution in [-0.2, 0) is 6.18 Å². The Balaban J connectivity index is 3.17. The fraction of sp³-hybridized carbons (Fsp3) is 0.250. The van der Waals surface area contributed by atoms with Crippen LogP contribution in [0.2, 0.25) is 5.02 Å². The van der Waals surface area contributed by atoms with Crippen LogP contribution in [0.1, 0.15) is 11.1 Å². The maximum Gasteiger partial charge on any atom is 0.707 e. The Hall–Kier alpha value is -0.915. The average molecular weight is 254 g/mol. The molecule has 0 aromatic heterocycles. The third-order valence-electron chi connectivity index (χ3n) is 1.80. The summed E-state index contributed by atoms with van der Waals surface area (Å²) in [4.78, 5) is 0. The van der Waals surface area contributed by atoms with E-state index in [0.717, 1.165) is 12.1 Å². The Morgan fingerprint density at radius 1 is 1.31 bits per heavy atom. The van der Waals surface area contributed by atoms with Crippen LogP contribution in [0.25, 0.3) is 0 Å². The molecule has 0 aliphatic carbocycles. The van der Waals surface area contributed by atoms with Crippen molar-refractivity contribution >= 4 is 18.9 Å². The molecule has 0 atom stereocenters. The molecule has 16 heavy (non-hydrogen) atoms. The molecule has 0 fully saturated rings. The van der Waals surface area contributed by atoms with Crippen LogP contribution >= 0.6 is 11.6 Å². The number of rotatable bonds is 2. The molecule has 1 aromatic carbocycles. The van der Waals surface area contributed by atoms with E-state index >= 15 is 0 Å². The van der Waals surface area contributed by atoms with Gasteiger partial charge < -0.3 is 14.7 Å². The molecule has 0 unspecified atom stereocenters. The van der Waals surface area contributed by atoms with E-state index in [0.29, 0.717) is 0 Å². The van der Waals surface area contributed by atoms with Gasteiger partial charge in [-0.15, -0.1) is 0 Å². The van der Waals surface area contributed by atoms with Crippen LogP contribution in [0.4, 0.5) is 13.2 Å². The molecule has 88 valence electrons.